The molecule has 0 fully saturated rings. The molecule has 1 unspecified atom stereocenters. The monoisotopic (exact) mass is 219 g/mol. The first kappa shape index (κ1) is 12.0. The van der Waals surface area contributed by atoms with Crippen molar-refractivity contribution < 1.29 is 9.90 Å². The fourth-order valence-electron chi connectivity index (χ4n) is 1.18. The first-order valence-electron chi connectivity index (χ1n) is 4.89. The van der Waals surface area contributed by atoms with Gasteiger partial charge < -0.3 is 10.4 Å². The third kappa shape index (κ3) is 2.28. The SMILES string of the molecule is CCC(C)(Nc1cnccc1C#N)C(=O)O. The number of aliphatic carboxylic acids is 1. The molecule has 16 heavy (non-hydrogen) atoms. The number of carboxylic acid groups (broad SMARTS) is 1. The van der Waals surface area contributed by atoms with E-state index < -0.39 is 11.5 Å². The molecule has 0 aliphatic carbocycles. The van der Waals surface area contributed by atoms with E-state index in [1.807, 2.05) is 6.07 Å². The van der Waals surface area contributed by atoms with Crippen LogP contribution in [0.15, 0.2) is 18.5 Å². The highest BCUT2D eigenvalue weighted by Gasteiger charge is 2.31. The summed E-state index contributed by atoms with van der Waals surface area (Å²) >= 11 is 0. The molecule has 2 N–H and O–H groups in total. The van der Waals surface area contributed by atoms with Crippen LogP contribution in [0.2, 0.25) is 0 Å². The van der Waals surface area contributed by atoms with E-state index in [-0.39, 0.29) is 0 Å². The number of carbonyl (C=O) groups is 1. The van der Waals surface area contributed by atoms with Crippen molar-refractivity contribution in [1.82, 2.24) is 4.98 Å². The topological polar surface area (TPSA) is 86.0 Å². The lowest BCUT2D eigenvalue weighted by atomic mass is 9.98. The van der Waals surface area contributed by atoms with E-state index in [1.54, 1.807) is 19.9 Å². The number of pyridine rings is 1. The Morgan fingerprint density at radius 1 is 1.75 bits per heavy atom. The van der Waals surface area contributed by atoms with Crippen LogP contribution in [0, 0.1) is 11.3 Å². The van der Waals surface area contributed by atoms with Gasteiger partial charge in [0.25, 0.3) is 0 Å². The molecular formula is C11H13N3O2. The molecule has 5 heteroatoms. The van der Waals surface area contributed by atoms with Gasteiger partial charge in [0.2, 0.25) is 0 Å². The van der Waals surface area contributed by atoms with Crippen molar-refractivity contribution >= 4 is 11.7 Å². The molecule has 0 aliphatic rings. The minimum atomic E-state index is -1.09. The quantitative estimate of drug-likeness (QED) is 0.803. The Labute approximate surface area is 93.7 Å². The number of carboxylic acids is 1. The molecule has 1 atom stereocenters. The summed E-state index contributed by atoms with van der Waals surface area (Å²) in [6.07, 6.45) is 3.35. The fourth-order valence-corrected chi connectivity index (χ4v) is 1.18. The molecule has 0 amide bonds. The summed E-state index contributed by atoms with van der Waals surface area (Å²) in [5.74, 6) is -0.956. The highest BCUT2D eigenvalue weighted by atomic mass is 16.4. The molecule has 0 saturated heterocycles. The predicted octanol–water partition coefficient (Wildman–Crippen LogP) is 1.62. The maximum atomic E-state index is 11.1. The van der Waals surface area contributed by atoms with E-state index in [1.165, 1.54) is 12.4 Å². The first-order chi connectivity index (χ1) is 7.53. The second-order valence-electron chi connectivity index (χ2n) is 3.65. The molecule has 1 rings (SSSR count). The molecular weight excluding hydrogens is 206 g/mol. The zero-order valence-electron chi connectivity index (χ0n) is 9.19. The summed E-state index contributed by atoms with van der Waals surface area (Å²) in [6.45, 7) is 3.34. The summed E-state index contributed by atoms with van der Waals surface area (Å²) in [7, 11) is 0. The van der Waals surface area contributed by atoms with E-state index in [4.69, 9.17) is 10.4 Å². The Kier molecular flexibility index (Phi) is 3.46. The minimum absolute atomic E-state index is 0.385. The molecule has 0 saturated carbocycles. The summed E-state index contributed by atoms with van der Waals surface area (Å²) in [5, 5.41) is 20.8. The highest BCUT2D eigenvalue weighted by molar-refractivity contribution is 5.82. The van der Waals surface area contributed by atoms with Crippen molar-refractivity contribution in [3.8, 4) is 6.07 Å². The Morgan fingerprint density at radius 3 is 2.94 bits per heavy atom. The van der Waals surface area contributed by atoms with E-state index >= 15 is 0 Å². The molecule has 0 radical (unpaired) electrons. The zero-order chi connectivity index (χ0) is 12.2. The molecule has 0 bridgehead atoms. The van der Waals surface area contributed by atoms with Gasteiger partial charge in [-0.2, -0.15) is 5.26 Å². The van der Waals surface area contributed by atoms with Gasteiger partial charge in [-0.05, 0) is 19.4 Å². The Hall–Kier alpha value is -2.09. The highest BCUT2D eigenvalue weighted by Crippen LogP contribution is 2.20. The number of hydrogen-bond acceptors (Lipinski definition) is 4. The van der Waals surface area contributed by atoms with Crippen LogP contribution < -0.4 is 5.32 Å². The third-order valence-corrected chi connectivity index (χ3v) is 2.53. The number of rotatable bonds is 4. The standard InChI is InChI=1S/C11H13N3O2/c1-3-11(2,10(15)16)14-9-7-13-5-4-8(9)6-12/h4-5,7,14H,3H2,1-2H3,(H,15,16). The van der Waals surface area contributed by atoms with Gasteiger partial charge >= 0.3 is 5.97 Å². The number of aromatic nitrogens is 1. The summed E-state index contributed by atoms with van der Waals surface area (Å²) in [5.41, 5.74) is -0.262. The molecule has 1 aromatic rings. The van der Waals surface area contributed by atoms with Crippen LogP contribution in [0.5, 0.6) is 0 Å². The summed E-state index contributed by atoms with van der Waals surface area (Å²) in [4.78, 5) is 15.0. The van der Waals surface area contributed by atoms with Crippen molar-refractivity contribution in [2.75, 3.05) is 5.32 Å². The van der Waals surface area contributed by atoms with Crippen molar-refractivity contribution in [1.29, 1.82) is 5.26 Å². The third-order valence-electron chi connectivity index (χ3n) is 2.53. The van der Waals surface area contributed by atoms with Crippen LogP contribution in [0.3, 0.4) is 0 Å². The Balaban J connectivity index is 3.04. The minimum Gasteiger partial charge on any atom is -0.480 e. The molecule has 5 nitrogen and oxygen atoms in total. The second-order valence-corrected chi connectivity index (χ2v) is 3.65. The van der Waals surface area contributed by atoms with Gasteiger partial charge in [0.15, 0.2) is 0 Å². The largest absolute Gasteiger partial charge is 0.480 e. The average molecular weight is 219 g/mol. The average Bonchev–Trinajstić information content (AvgIpc) is 2.29. The number of nitrogens with zero attached hydrogens (tertiary/aromatic N) is 2. The van der Waals surface area contributed by atoms with Gasteiger partial charge in [-0.25, -0.2) is 4.79 Å². The molecule has 0 spiro atoms. The van der Waals surface area contributed by atoms with Crippen LogP contribution in [-0.4, -0.2) is 21.6 Å². The van der Waals surface area contributed by atoms with E-state index in [9.17, 15) is 4.79 Å². The van der Waals surface area contributed by atoms with Crippen LogP contribution in [0.1, 0.15) is 25.8 Å². The van der Waals surface area contributed by atoms with Crippen LogP contribution >= 0.6 is 0 Å². The van der Waals surface area contributed by atoms with Gasteiger partial charge in [-0.3, -0.25) is 4.98 Å². The molecule has 1 aromatic heterocycles. The van der Waals surface area contributed by atoms with Gasteiger partial charge in [0.05, 0.1) is 17.4 Å². The van der Waals surface area contributed by atoms with E-state index in [0.717, 1.165) is 0 Å². The summed E-state index contributed by atoms with van der Waals surface area (Å²) < 4.78 is 0. The van der Waals surface area contributed by atoms with Crippen LogP contribution in [-0.2, 0) is 4.79 Å². The first-order valence-corrected chi connectivity index (χ1v) is 4.89. The molecule has 84 valence electrons. The van der Waals surface area contributed by atoms with Crippen molar-refractivity contribution in [2.45, 2.75) is 25.8 Å². The lowest BCUT2D eigenvalue weighted by molar-refractivity contribution is -0.141. The van der Waals surface area contributed by atoms with E-state index in [0.29, 0.717) is 17.7 Å². The number of nitriles is 1. The lowest BCUT2D eigenvalue weighted by Gasteiger charge is -2.26. The van der Waals surface area contributed by atoms with Crippen LogP contribution in [0.4, 0.5) is 5.69 Å². The van der Waals surface area contributed by atoms with Crippen molar-refractivity contribution in [2.24, 2.45) is 0 Å². The van der Waals surface area contributed by atoms with Gasteiger partial charge in [-0.1, -0.05) is 6.92 Å². The van der Waals surface area contributed by atoms with Crippen LogP contribution in [0.25, 0.3) is 0 Å². The van der Waals surface area contributed by atoms with Crippen molar-refractivity contribution in [3.05, 3.63) is 24.0 Å². The van der Waals surface area contributed by atoms with Crippen molar-refractivity contribution in [3.63, 3.8) is 0 Å². The molecule has 0 aromatic carbocycles. The smallest absolute Gasteiger partial charge is 0.329 e. The normalized spacial score (nSPS) is 13.6. The maximum absolute atomic E-state index is 11.1. The zero-order valence-corrected chi connectivity index (χ0v) is 9.19. The number of anilines is 1. The fraction of sp³-hybridized carbons (Fsp3) is 0.364. The molecule has 0 aliphatic heterocycles. The number of hydrogen-bond donors (Lipinski definition) is 2. The lowest BCUT2D eigenvalue weighted by Crippen LogP contribution is -2.42. The molecule has 1 heterocycles. The van der Waals surface area contributed by atoms with Gasteiger partial charge in [-0.15, -0.1) is 0 Å². The second kappa shape index (κ2) is 4.62. The van der Waals surface area contributed by atoms with Gasteiger partial charge in [0.1, 0.15) is 11.6 Å². The van der Waals surface area contributed by atoms with Gasteiger partial charge in [0, 0.05) is 6.20 Å². The maximum Gasteiger partial charge on any atom is 0.329 e. The van der Waals surface area contributed by atoms with E-state index in [2.05, 4.69) is 10.3 Å². The Morgan fingerprint density at radius 2 is 2.44 bits per heavy atom. The predicted molar refractivity (Wildman–Crippen MR) is 58.9 cm³/mol. The summed E-state index contributed by atoms with van der Waals surface area (Å²) in [6, 6.07) is 3.53. The Bertz CT molecular complexity index is 439. The number of nitrogens with one attached hydrogen (secondary N) is 1.